The maximum absolute atomic E-state index is 9.79. The number of aliphatic hydroxyl groups excluding tert-OH is 1. The molecule has 90 valence electrons. The Morgan fingerprint density at radius 2 is 2.00 bits per heavy atom. The number of aliphatic hydroxyl groups is 1. The summed E-state index contributed by atoms with van der Waals surface area (Å²) in [6.07, 6.45) is 2.63. The number of benzene rings is 1. The molecule has 0 bridgehead atoms. The van der Waals surface area contributed by atoms with Gasteiger partial charge in [0, 0.05) is 10.2 Å². The van der Waals surface area contributed by atoms with Crippen LogP contribution in [0, 0.1) is 0 Å². The fraction of sp³-hybridized carbons (Fsp3) is 0.538. The molecule has 0 spiro atoms. The quantitative estimate of drug-likeness (QED) is 0.582. The molecule has 3 heteroatoms. The van der Waals surface area contributed by atoms with Crippen molar-refractivity contribution in [2.45, 2.75) is 38.3 Å². The molecule has 1 rings (SSSR count). The highest BCUT2D eigenvalue weighted by atomic mass is 28.1. The maximum atomic E-state index is 9.79. The van der Waals surface area contributed by atoms with Crippen LogP contribution < -0.4 is 4.74 Å². The average Bonchev–Trinajstić information content (AvgIpc) is 2.30. The SMILES string of the molecule is CCCC(O)c1ccc(OCCC[SiH3])cc1. The Morgan fingerprint density at radius 3 is 2.56 bits per heavy atom. The first kappa shape index (κ1) is 13.3. The maximum Gasteiger partial charge on any atom is 0.119 e. The van der Waals surface area contributed by atoms with Crippen molar-refractivity contribution in [2.75, 3.05) is 6.61 Å². The van der Waals surface area contributed by atoms with E-state index in [0.29, 0.717) is 0 Å². The van der Waals surface area contributed by atoms with Crippen LogP contribution in [0.4, 0.5) is 0 Å². The summed E-state index contributed by atoms with van der Waals surface area (Å²) in [5.41, 5.74) is 0.983. The lowest BCUT2D eigenvalue weighted by atomic mass is 10.1. The van der Waals surface area contributed by atoms with Gasteiger partial charge in [0.15, 0.2) is 0 Å². The van der Waals surface area contributed by atoms with Gasteiger partial charge in [0.2, 0.25) is 0 Å². The molecule has 2 nitrogen and oxygen atoms in total. The summed E-state index contributed by atoms with van der Waals surface area (Å²) in [7, 11) is 1.25. The molecule has 0 amide bonds. The predicted molar refractivity (Wildman–Crippen MR) is 71.2 cm³/mol. The van der Waals surface area contributed by atoms with E-state index in [-0.39, 0.29) is 6.10 Å². The molecule has 1 aromatic rings. The van der Waals surface area contributed by atoms with E-state index in [1.54, 1.807) is 0 Å². The molecule has 0 aliphatic rings. The molecule has 1 atom stereocenters. The Hall–Kier alpha value is -0.803. The summed E-state index contributed by atoms with van der Waals surface area (Å²) in [5.74, 6) is 0.905. The van der Waals surface area contributed by atoms with Gasteiger partial charge in [-0.2, -0.15) is 0 Å². The molecule has 0 aliphatic carbocycles. The molecule has 0 saturated carbocycles. The summed E-state index contributed by atoms with van der Waals surface area (Å²) in [5, 5.41) is 9.79. The first-order chi connectivity index (χ1) is 7.77. The van der Waals surface area contributed by atoms with Crippen LogP contribution in [0.25, 0.3) is 0 Å². The highest BCUT2D eigenvalue weighted by Gasteiger charge is 2.05. The van der Waals surface area contributed by atoms with E-state index in [9.17, 15) is 5.11 Å². The van der Waals surface area contributed by atoms with E-state index in [0.717, 1.165) is 37.2 Å². The summed E-state index contributed by atoms with van der Waals surface area (Å²) in [4.78, 5) is 0. The third kappa shape index (κ3) is 4.37. The van der Waals surface area contributed by atoms with Gasteiger partial charge in [0.25, 0.3) is 0 Å². The van der Waals surface area contributed by atoms with Crippen LogP contribution in [0.1, 0.15) is 37.9 Å². The van der Waals surface area contributed by atoms with Gasteiger partial charge in [-0.25, -0.2) is 0 Å². The fourth-order valence-corrected chi connectivity index (χ4v) is 1.85. The smallest absolute Gasteiger partial charge is 0.119 e. The van der Waals surface area contributed by atoms with Crippen molar-refractivity contribution >= 4 is 10.2 Å². The zero-order valence-corrected chi connectivity index (χ0v) is 12.3. The van der Waals surface area contributed by atoms with Gasteiger partial charge in [-0.3, -0.25) is 0 Å². The van der Waals surface area contributed by atoms with E-state index in [4.69, 9.17) is 4.74 Å². The van der Waals surface area contributed by atoms with Crippen molar-refractivity contribution in [3.63, 3.8) is 0 Å². The van der Waals surface area contributed by atoms with E-state index in [2.05, 4.69) is 6.92 Å². The third-order valence-corrected chi connectivity index (χ3v) is 3.30. The molecule has 0 aliphatic heterocycles. The Kier molecular flexibility index (Phi) is 6.19. The first-order valence-electron chi connectivity index (χ1n) is 6.18. The van der Waals surface area contributed by atoms with Crippen molar-refractivity contribution in [2.24, 2.45) is 0 Å². The fourth-order valence-electron chi connectivity index (χ4n) is 1.56. The summed E-state index contributed by atoms with van der Waals surface area (Å²) in [6, 6.07) is 9.09. The van der Waals surface area contributed by atoms with Crippen LogP contribution in [0.2, 0.25) is 6.04 Å². The number of hydrogen-bond acceptors (Lipinski definition) is 2. The minimum Gasteiger partial charge on any atom is -0.494 e. The minimum absolute atomic E-state index is 0.333. The lowest BCUT2D eigenvalue weighted by Gasteiger charge is -2.10. The molecule has 16 heavy (non-hydrogen) atoms. The van der Waals surface area contributed by atoms with Gasteiger partial charge >= 0.3 is 0 Å². The molecule has 0 heterocycles. The van der Waals surface area contributed by atoms with Gasteiger partial charge in [-0.05, 0) is 30.5 Å². The summed E-state index contributed by atoms with van der Waals surface area (Å²) < 4.78 is 5.58. The van der Waals surface area contributed by atoms with E-state index >= 15 is 0 Å². The monoisotopic (exact) mass is 238 g/mol. The Balaban J connectivity index is 2.47. The van der Waals surface area contributed by atoms with Crippen molar-refractivity contribution in [3.05, 3.63) is 29.8 Å². The lowest BCUT2D eigenvalue weighted by Crippen LogP contribution is -1.99. The zero-order chi connectivity index (χ0) is 11.8. The van der Waals surface area contributed by atoms with E-state index in [1.807, 2.05) is 24.3 Å². The van der Waals surface area contributed by atoms with Crippen molar-refractivity contribution < 1.29 is 9.84 Å². The highest BCUT2D eigenvalue weighted by molar-refractivity contribution is 6.08. The standard InChI is InChI=1S/C13H22O2Si/c1-2-4-13(14)11-5-7-12(8-6-11)15-9-3-10-16/h5-8,13-14H,2-4,9-10H2,1,16H3. The van der Waals surface area contributed by atoms with Gasteiger partial charge in [0.05, 0.1) is 12.7 Å². The Morgan fingerprint density at radius 1 is 1.31 bits per heavy atom. The Bertz CT molecular complexity index is 284. The van der Waals surface area contributed by atoms with Crippen LogP contribution in [0.5, 0.6) is 5.75 Å². The van der Waals surface area contributed by atoms with E-state index < -0.39 is 0 Å². The second-order valence-electron chi connectivity index (χ2n) is 4.08. The molecular formula is C13H22O2Si. The minimum atomic E-state index is -0.333. The average molecular weight is 238 g/mol. The first-order valence-corrected chi connectivity index (χ1v) is 7.60. The van der Waals surface area contributed by atoms with Crippen LogP contribution in [0.15, 0.2) is 24.3 Å². The topological polar surface area (TPSA) is 29.5 Å². The number of ether oxygens (including phenoxy) is 1. The van der Waals surface area contributed by atoms with Gasteiger partial charge in [-0.1, -0.05) is 31.5 Å². The highest BCUT2D eigenvalue weighted by Crippen LogP contribution is 2.21. The van der Waals surface area contributed by atoms with Gasteiger partial charge in [0.1, 0.15) is 5.75 Å². The molecule has 0 radical (unpaired) electrons. The molecule has 1 aromatic carbocycles. The van der Waals surface area contributed by atoms with Crippen molar-refractivity contribution in [1.29, 1.82) is 0 Å². The lowest BCUT2D eigenvalue weighted by molar-refractivity contribution is 0.166. The van der Waals surface area contributed by atoms with Crippen molar-refractivity contribution in [1.82, 2.24) is 0 Å². The summed E-state index contributed by atoms with van der Waals surface area (Å²) in [6.45, 7) is 2.88. The van der Waals surface area contributed by atoms with Crippen LogP contribution in [-0.2, 0) is 0 Å². The second kappa shape index (κ2) is 7.47. The zero-order valence-electron chi connectivity index (χ0n) is 10.3. The number of rotatable bonds is 7. The van der Waals surface area contributed by atoms with Gasteiger partial charge in [-0.15, -0.1) is 0 Å². The third-order valence-electron chi connectivity index (χ3n) is 2.59. The second-order valence-corrected chi connectivity index (χ2v) is 5.08. The molecule has 0 aromatic heterocycles. The molecule has 1 unspecified atom stereocenters. The van der Waals surface area contributed by atoms with Crippen LogP contribution >= 0.6 is 0 Å². The molecular weight excluding hydrogens is 216 g/mol. The molecule has 0 fully saturated rings. The van der Waals surface area contributed by atoms with Crippen LogP contribution in [-0.4, -0.2) is 22.0 Å². The van der Waals surface area contributed by atoms with Gasteiger partial charge < -0.3 is 9.84 Å². The predicted octanol–water partition coefficient (Wildman–Crippen LogP) is 2.07. The van der Waals surface area contributed by atoms with Crippen molar-refractivity contribution in [3.8, 4) is 5.75 Å². The molecule has 0 saturated heterocycles. The van der Waals surface area contributed by atoms with E-state index in [1.165, 1.54) is 16.3 Å². The van der Waals surface area contributed by atoms with Crippen LogP contribution in [0.3, 0.4) is 0 Å². The normalized spacial score (nSPS) is 12.6. The number of hydrogen-bond donors (Lipinski definition) is 1. The largest absolute Gasteiger partial charge is 0.494 e. The summed E-state index contributed by atoms with van der Waals surface area (Å²) >= 11 is 0. The Labute approximate surface area is 101 Å². The molecule has 1 N–H and O–H groups in total.